The van der Waals surface area contributed by atoms with Crippen LogP contribution in [0.15, 0.2) is 0 Å². The Morgan fingerprint density at radius 1 is 1.71 bits per heavy atom. The lowest BCUT2D eigenvalue weighted by Gasteiger charge is -2.04. The third-order valence-electron chi connectivity index (χ3n) is 0.402. The summed E-state index contributed by atoms with van der Waals surface area (Å²) in [5.41, 5.74) is 2.47. The number of nitrogens with one attached hydrogen (secondary N) is 1. The number of hydrazine groups is 1. The van der Waals surface area contributed by atoms with Crippen LogP contribution in [0.5, 0.6) is 0 Å². The molecule has 0 aliphatic heterocycles. The predicted octanol–water partition coefficient (Wildman–Crippen LogP) is 0.110. The maximum Gasteiger partial charge on any atom is 0.171 e. The van der Waals surface area contributed by atoms with E-state index < -0.39 is 0 Å². The van der Waals surface area contributed by atoms with Crippen LogP contribution in [0.4, 0.5) is 0 Å². The van der Waals surface area contributed by atoms with Crippen LogP contribution in [0.3, 0.4) is 0 Å². The van der Waals surface area contributed by atoms with Crippen molar-refractivity contribution < 1.29 is 4.85 Å². The Morgan fingerprint density at radius 3 is 2.14 bits per heavy atom. The molecule has 0 rings (SSSR count). The molecule has 3 heteroatoms. The summed E-state index contributed by atoms with van der Waals surface area (Å²) in [5, 5.41) is 9.95. The minimum absolute atomic E-state index is 0.176. The molecule has 0 atom stereocenters. The fraction of sp³-hybridized carbons (Fsp3) is 0.750. The van der Waals surface area contributed by atoms with Crippen LogP contribution >= 0.6 is 0 Å². The molecular formula is C4H10N2O. The first kappa shape index (κ1) is 6.27. The van der Waals surface area contributed by atoms with Gasteiger partial charge in [-0.15, -0.1) is 0 Å². The van der Waals surface area contributed by atoms with Gasteiger partial charge in [-0.3, -0.25) is 0 Å². The Morgan fingerprint density at radius 2 is 2.14 bits per heavy atom. The van der Waals surface area contributed by atoms with E-state index in [-0.39, 0.29) is 6.04 Å². The predicted molar refractivity (Wildman–Crippen MR) is 29.0 cm³/mol. The molecule has 0 heterocycles. The number of hydrogen-bond acceptors (Lipinski definition) is 2. The van der Waals surface area contributed by atoms with Gasteiger partial charge < -0.3 is 5.21 Å². The molecule has 1 N–H and O–H groups in total. The summed E-state index contributed by atoms with van der Waals surface area (Å²) in [7, 11) is 0. The molecule has 3 nitrogen and oxygen atoms in total. The van der Waals surface area contributed by atoms with Gasteiger partial charge in [-0.2, -0.15) is 5.43 Å². The third-order valence-corrected chi connectivity index (χ3v) is 0.402. The van der Waals surface area contributed by atoms with E-state index in [1.807, 2.05) is 13.8 Å². The summed E-state index contributed by atoms with van der Waals surface area (Å²) < 4.78 is 0. The van der Waals surface area contributed by atoms with Crippen molar-refractivity contribution in [2.75, 3.05) is 0 Å². The Kier molecular flexibility index (Phi) is 2.19. The van der Waals surface area contributed by atoms with Crippen molar-refractivity contribution in [2.24, 2.45) is 0 Å². The van der Waals surface area contributed by atoms with Gasteiger partial charge in [-0.25, -0.2) is 0 Å². The van der Waals surface area contributed by atoms with Crippen molar-refractivity contribution >= 4 is 6.72 Å². The fourth-order valence-electron chi connectivity index (χ4n) is 0.288. The van der Waals surface area contributed by atoms with Crippen molar-refractivity contribution in [1.82, 2.24) is 5.43 Å². The highest BCUT2D eigenvalue weighted by atomic mass is 16.5. The molecule has 0 aromatic heterocycles. The standard InChI is InChI=1S/C4H10N2O/c1-4(2)5-6(3)7/h4-5H,3H2,1-2H3. The van der Waals surface area contributed by atoms with Crippen molar-refractivity contribution in [2.45, 2.75) is 19.9 Å². The quantitative estimate of drug-likeness (QED) is 0.232. The monoisotopic (exact) mass is 102 g/mol. The van der Waals surface area contributed by atoms with E-state index in [9.17, 15) is 5.21 Å². The summed E-state index contributed by atoms with van der Waals surface area (Å²) in [4.78, 5) is 0.449. The third kappa shape index (κ3) is 5.27. The van der Waals surface area contributed by atoms with Crippen LogP contribution in [0, 0.1) is 5.21 Å². The molecule has 0 aromatic rings. The lowest BCUT2D eigenvalue weighted by molar-refractivity contribution is -0.520. The molecule has 0 amide bonds. The van der Waals surface area contributed by atoms with Crippen LogP contribution in [0.25, 0.3) is 0 Å². The van der Waals surface area contributed by atoms with Crippen molar-refractivity contribution in [3.63, 3.8) is 0 Å². The highest BCUT2D eigenvalue weighted by molar-refractivity contribution is 5.14. The minimum atomic E-state index is 0.176. The summed E-state index contributed by atoms with van der Waals surface area (Å²) >= 11 is 0. The minimum Gasteiger partial charge on any atom is -0.597 e. The van der Waals surface area contributed by atoms with E-state index in [1.54, 1.807) is 0 Å². The second-order valence-corrected chi connectivity index (χ2v) is 1.66. The number of hydrogen-bond donors (Lipinski definition) is 1. The summed E-state index contributed by atoms with van der Waals surface area (Å²) in [6.07, 6.45) is 0. The van der Waals surface area contributed by atoms with E-state index >= 15 is 0 Å². The summed E-state index contributed by atoms with van der Waals surface area (Å²) in [5.74, 6) is 0. The van der Waals surface area contributed by atoms with E-state index in [0.29, 0.717) is 4.85 Å². The normalized spacial score (nSPS) is 9.00. The summed E-state index contributed by atoms with van der Waals surface area (Å²) in [6, 6.07) is 0.176. The van der Waals surface area contributed by atoms with Gasteiger partial charge >= 0.3 is 0 Å². The van der Waals surface area contributed by atoms with Crippen molar-refractivity contribution in [3.05, 3.63) is 5.21 Å². The molecule has 0 aliphatic rings. The zero-order valence-electron chi connectivity index (χ0n) is 4.64. The van der Waals surface area contributed by atoms with Gasteiger partial charge in [0.1, 0.15) is 0 Å². The van der Waals surface area contributed by atoms with Gasteiger partial charge in [-0.1, -0.05) is 4.85 Å². The average Bonchev–Trinajstić information content (AvgIpc) is 1.27. The molecule has 0 radical (unpaired) electrons. The Bertz CT molecular complexity index is 70.1. The number of hydrazone groups is 1. The van der Waals surface area contributed by atoms with Gasteiger partial charge in [0.05, 0.1) is 6.04 Å². The number of nitrogens with zero attached hydrogens (tertiary/aromatic N) is 1. The van der Waals surface area contributed by atoms with Crippen molar-refractivity contribution in [1.29, 1.82) is 0 Å². The topological polar surface area (TPSA) is 38.1 Å². The first-order chi connectivity index (χ1) is 3.13. The Hall–Kier alpha value is -0.730. The first-order valence-electron chi connectivity index (χ1n) is 2.17. The molecule has 0 saturated heterocycles. The van der Waals surface area contributed by atoms with E-state index in [0.717, 1.165) is 0 Å². The SMILES string of the molecule is C=[N+]([O-])NC(C)C. The maximum atomic E-state index is 9.95. The Balaban J connectivity index is 3.13. The smallest absolute Gasteiger partial charge is 0.171 e. The summed E-state index contributed by atoms with van der Waals surface area (Å²) in [6.45, 7) is 6.79. The van der Waals surface area contributed by atoms with Gasteiger partial charge in [-0.05, 0) is 13.8 Å². The van der Waals surface area contributed by atoms with Crippen LogP contribution in [0.2, 0.25) is 0 Å². The van der Waals surface area contributed by atoms with Gasteiger partial charge in [0, 0.05) is 0 Å². The van der Waals surface area contributed by atoms with Crippen molar-refractivity contribution in [3.8, 4) is 0 Å². The van der Waals surface area contributed by atoms with Crippen LogP contribution < -0.4 is 5.43 Å². The van der Waals surface area contributed by atoms with Crippen LogP contribution in [-0.2, 0) is 0 Å². The molecule has 0 saturated carbocycles. The molecule has 0 spiro atoms. The van der Waals surface area contributed by atoms with Crippen LogP contribution in [-0.4, -0.2) is 17.6 Å². The molecule has 0 bridgehead atoms. The van der Waals surface area contributed by atoms with Gasteiger partial charge in [0.25, 0.3) is 0 Å². The average molecular weight is 102 g/mol. The highest BCUT2D eigenvalue weighted by Gasteiger charge is 1.89. The molecule has 0 fully saturated rings. The molecule has 7 heavy (non-hydrogen) atoms. The molecule has 0 aliphatic carbocycles. The molecular weight excluding hydrogens is 92.1 g/mol. The first-order valence-corrected chi connectivity index (χ1v) is 2.17. The van der Waals surface area contributed by atoms with Gasteiger partial charge in [0.2, 0.25) is 0 Å². The maximum absolute atomic E-state index is 9.95. The second kappa shape index (κ2) is 2.44. The van der Waals surface area contributed by atoms with E-state index in [4.69, 9.17) is 0 Å². The zero-order chi connectivity index (χ0) is 5.86. The van der Waals surface area contributed by atoms with E-state index in [2.05, 4.69) is 12.1 Å². The lowest BCUT2D eigenvalue weighted by atomic mass is 10.4. The molecule has 42 valence electrons. The molecule has 0 aromatic carbocycles. The second-order valence-electron chi connectivity index (χ2n) is 1.66. The lowest BCUT2D eigenvalue weighted by Crippen LogP contribution is -2.29. The zero-order valence-corrected chi connectivity index (χ0v) is 4.64. The Labute approximate surface area is 43.2 Å². The highest BCUT2D eigenvalue weighted by Crippen LogP contribution is 1.71. The fourth-order valence-corrected chi connectivity index (χ4v) is 0.288. The van der Waals surface area contributed by atoms with Crippen LogP contribution in [0.1, 0.15) is 13.8 Å². The van der Waals surface area contributed by atoms with Gasteiger partial charge in [0.15, 0.2) is 6.72 Å². The number of rotatable bonds is 2. The largest absolute Gasteiger partial charge is 0.597 e. The van der Waals surface area contributed by atoms with E-state index in [1.165, 1.54) is 0 Å². The molecule has 0 unspecified atom stereocenters.